The summed E-state index contributed by atoms with van der Waals surface area (Å²) in [6, 6.07) is 11.4. The predicted molar refractivity (Wildman–Crippen MR) is 105 cm³/mol. The summed E-state index contributed by atoms with van der Waals surface area (Å²) in [4.78, 5) is 22.4. The van der Waals surface area contributed by atoms with E-state index >= 15 is 0 Å². The number of non-ortho nitro benzene ring substituents is 1. The molecule has 0 atom stereocenters. The van der Waals surface area contributed by atoms with E-state index in [4.69, 9.17) is 4.42 Å². The molecule has 0 saturated heterocycles. The molecule has 3 aromatic rings. The van der Waals surface area contributed by atoms with Crippen LogP contribution in [0.15, 0.2) is 56.6 Å². The zero-order chi connectivity index (χ0) is 19.4. The van der Waals surface area contributed by atoms with Crippen molar-refractivity contribution in [3.8, 4) is 11.5 Å². The van der Waals surface area contributed by atoms with E-state index in [9.17, 15) is 14.9 Å². The van der Waals surface area contributed by atoms with Crippen molar-refractivity contribution in [2.45, 2.75) is 12.1 Å². The van der Waals surface area contributed by atoms with Crippen LogP contribution < -0.4 is 5.32 Å². The smallest absolute Gasteiger partial charge is 0.277 e. The fourth-order valence-electron chi connectivity index (χ4n) is 2.18. The molecule has 0 aliphatic carbocycles. The number of carbonyl (C=O) groups is 1. The van der Waals surface area contributed by atoms with Crippen molar-refractivity contribution in [1.82, 2.24) is 10.2 Å². The zero-order valence-electron chi connectivity index (χ0n) is 14.0. The van der Waals surface area contributed by atoms with Gasteiger partial charge in [0.05, 0.1) is 10.7 Å². The summed E-state index contributed by atoms with van der Waals surface area (Å²) in [5, 5.41) is 21.6. The summed E-state index contributed by atoms with van der Waals surface area (Å²) >= 11 is 4.49. The molecule has 1 N–H and O–H groups in total. The highest BCUT2D eigenvalue weighted by molar-refractivity contribution is 9.10. The van der Waals surface area contributed by atoms with Gasteiger partial charge in [-0.1, -0.05) is 33.8 Å². The second-order valence-electron chi connectivity index (χ2n) is 5.48. The van der Waals surface area contributed by atoms with Crippen molar-refractivity contribution in [2.24, 2.45) is 0 Å². The van der Waals surface area contributed by atoms with E-state index < -0.39 is 4.92 Å². The van der Waals surface area contributed by atoms with E-state index in [1.54, 1.807) is 12.1 Å². The Morgan fingerprint density at radius 3 is 2.85 bits per heavy atom. The van der Waals surface area contributed by atoms with Crippen LogP contribution in [0.4, 0.5) is 11.4 Å². The summed E-state index contributed by atoms with van der Waals surface area (Å²) in [6.07, 6.45) is 0. The molecule has 0 fully saturated rings. The number of nitrogens with zero attached hydrogens (tertiary/aromatic N) is 3. The number of nitro benzene ring substituents is 1. The molecule has 1 heterocycles. The molecule has 2 aromatic carbocycles. The largest absolute Gasteiger partial charge is 0.411 e. The molecule has 0 bridgehead atoms. The number of halogens is 1. The first-order chi connectivity index (χ1) is 12.9. The van der Waals surface area contributed by atoms with Gasteiger partial charge in [0.1, 0.15) is 0 Å². The van der Waals surface area contributed by atoms with Crippen molar-refractivity contribution in [3.63, 3.8) is 0 Å². The molecule has 0 saturated carbocycles. The molecule has 3 rings (SSSR count). The van der Waals surface area contributed by atoms with Crippen LogP contribution >= 0.6 is 27.7 Å². The average Bonchev–Trinajstić information content (AvgIpc) is 3.12. The number of hydrogen-bond donors (Lipinski definition) is 1. The third kappa shape index (κ3) is 4.92. The fraction of sp³-hybridized carbons (Fsp3) is 0.118. The van der Waals surface area contributed by atoms with Gasteiger partial charge in [-0.3, -0.25) is 14.9 Å². The van der Waals surface area contributed by atoms with Crippen molar-refractivity contribution >= 4 is 45.0 Å². The minimum Gasteiger partial charge on any atom is -0.411 e. The summed E-state index contributed by atoms with van der Waals surface area (Å²) in [5.74, 6) is 0.0352. The lowest BCUT2D eigenvalue weighted by Crippen LogP contribution is -2.14. The van der Waals surface area contributed by atoms with Gasteiger partial charge in [-0.15, -0.1) is 10.2 Å². The Bertz CT molecular complexity index is 1010. The van der Waals surface area contributed by atoms with Gasteiger partial charge in [-0.05, 0) is 36.8 Å². The van der Waals surface area contributed by atoms with Crippen LogP contribution in [0, 0.1) is 17.0 Å². The van der Waals surface area contributed by atoms with Crippen LogP contribution in [0.1, 0.15) is 5.56 Å². The third-order valence-electron chi connectivity index (χ3n) is 3.48. The number of benzene rings is 2. The van der Waals surface area contributed by atoms with Gasteiger partial charge in [-0.25, -0.2) is 0 Å². The Labute approximate surface area is 166 Å². The fourth-order valence-corrected chi connectivity index (χ4v) is 2.99. The normalized spacial score (nSPS) is 10.6. The Kier molecular flexibility index (Phi) is 5.87. The molecule has 0 spiro atoms. The van der Waals surface area contributed by atoms with Crippen LogP contribution in [0.25, 0.3) is 11.5 Å². The molecular weight excluding hydrogens is 436 g/mol. The van der Waals surface area contributed by atoms with Crippen molar-refractivity contribution in [2.75, 3.05) is 11.1 Å². The lowest BCUT2D eigenvalue weighted by atomic mass is 10.2. The Morgan fingerprint density at radius 2 is 2.11 bits per heavy atom. The first-order valence-corrected chi connectivity index (χ1v) is 9.47. The number of anilines is 1. The molecule has 10 heteroatoms. The highest BCUT2D eigenvalue weighted by Gasteiger charge is 2.14. The van der Waals surface area contributed by atoms with Crippen molar-refractivity contribution in [3.05, 3.63) is 62.6 Å². The van der Waals surface area contributed by atoms with Crippen LogP contribution in [0.5, 0.6) is 0 Å². The number of thioether (sulfide) groups is 1. The quantitative estimate of drug-likeness (QED) is 0.336. The summed E-state index contributed by atoms with van der Waals surface area (Å²) < 4.78 is 6.44. The van der Waals surface area contributed by atoms with Gasteiger partial charge in [-0.2, -0.15) is 0 Å². The average molecular weight is 449 g/mol. The molecule has 138 valence electrons. The number of nitro groups is 1. The lowest BCUT2D eigenvalue weighted by Gasteiger charge is -2.06. The minimum absolute atomic E-state index is 0.0657. The van der Waals surface area contributed by atoms with Gasteiger partial charge >= 0.3 is 0 Å². The number of nitrogens with one attached hydrogen (secondary N) is 1. The summed E-state index contributed by atoms with van der Waals surface area (Å²) in [6.45, 7) is 1.93. The molecule has 8 nitrogen and oxygen atoms in total. The lowest BCUT2D eigenvalue weighted by molar-refractivity contribution is -0.384. The Balaban J connectivity index is 1.60. The molecule has 0 aliphatic heterocycles. The van der Waals surface area contributed by atoms with Gasteiger partial charge in [0.2, 0.25) is 11.8 Å². The summed E-state index contributed by atoms with van der Waals surface area (Å²) in [7, 11) is 0. The molecule has 27 heavy (non-hydrogen) atoms. The summed E-state index contributed by atoms with van der Waals surface area (Å²) in [5.41, 5.74) is 2.09. The maximum atomic E-state index is 12.1. The Hall–Kier alpha value is -2.72. The van der Waals surface area contributed by atoms with E-state index in [0.29, 0.717) is 11.3 Å². The van der Waals surface area contributed by atoms with E-state index in [-0.39, 0.29) is 28.5 Å². The van der Waals surface area contributed by atoms with Crippen LogP contribution in [-0.2, 0) is 4.79 Å². The number of rotatable bonds is 6. The van der Waals surface area contributed by atoms with Crippen molar-refractivity contribution in [1.29, 1.82) is 0 Å². The van der Waals surface area contributed by atoms with Crippen LogP contribution in [-0.4, -0.2) is 26.8 Å². The Morgan fingerprint density at radius 1 is 1.30 bits per heavy atom. The minimum atomic E-state index is -0.496. The molecule has 0 unspecified atom stereocenters. The van der Waals surface area contributed by atoms with E-state index in [0.717, 1.165) is 21.8 Å². The molecule has 0 radical (unpaired) electrons. The van der Waals surface area contributed by atoms with Gasteiger partial charge < -0.3 is 9.73 Å². The number of aromatic nitrogens is 2. The SMILES string of the molecule is Cc1cc(NC(=O)CSc2nnc(-c3cccc([N+](=O)[O-])c3)o2)ccc1Br. The van der Waals surface area contributed by atoms with E-state index in [1.807, 2.05) is 19.1 Å². The maximum Gasteiger partial charge on any atom is 0.277 e. The zero-order valence-corrected chi connectivity index (χ0v) is 16.4. The number of amides is 1. The van der Waals surface area contributed by atoms with Gasteiger partial charge in [0, 0.05) is 27.9 Å². The molecule has 1 amide bonds. The predicted octanol–water partition coefficient (Wildman–Crippen LogP) is 4.45. The highest BCUT2D eigenvalue weighted by atomic mass is 79.9. The topological polar surface area (TPSA) is 111 Å². The first kappa shape index (κ1) is 19.1. The second kappa shape index (κ2) is 8.31. The van der Waals surface area contributed by atoms with E-state index in [1.165, 1.54) is 18.2 Å². The molecule has 0 aliphatic rings. The molecule has 1 aromatic heterocycles. The number of aryl methyl sites for hydroxylation is 1. The van der Waals surface area contributed by atoms with Crippen molar-refractivity contribution < 1.29 is 14.1 Å². The van der Waals surface area contributed by atoms with Gasteiger partial charge in [0.25, 0.3) is 10.9 Å². The third-order valence-corrected chi connectivity index (χ3v) is 5.19. The van der Waals surface area contributed by atoms with Crippen LogP contribution in [0.2, 0.25) is 0 Å². The van der Waals surface area contributed by atoms with E-state index in [2.05, 4.69) is 31.4 Å². The first-order valence-electron chi connectivity index (χ1n) is 7.69. The number of hydrogen-bond acceptors (Lipinski definition) is 7. The standard InChI is InChI=1S/C17H13BrN4O4S/c1-10-7-12(5-6-14(10)18)19-15(23)9-27-17-21-20-16(26-17)11-3-2-4-13(8-11)22(24)25/h2-8H,9H2,1H3,(H,19,23). The monoisotopic (exact) mass is 448 g/mol. The van der Waals surface area contributed by atoms with Crippen LogP contribution in [0.3, 0.4) is 0 Å². The van der Waals surface area contributed by atoms with Gasteiger partial charge in [0.15, 0.2) is 0 Å². The maximum absolute atomic E-state index is 12.1. The highest BCUT2D eigenvalue weighted by Crippen LogP contribution is 2.26. The second-order valence-corrected chi connectivity index (χ2v) is 7.26. The molecular formula is C17H13BrN4O4S. The number of carbonyl (C=O) groups excluding carboxylic acids is 1.